The van der Waals surface area contributed by atoms with E-state index in [0.29, 0.717) is 16.7 Å². The molecule has 0 N–H and O–H groups in total. The van der Waals surface area contributed by atoms with Crippen LogP contribution in [-0.2, 0) is 14.1 Å². The largest absolute Gasteiger partial charge is 0.497 e. The Balaban J connectivity index is 2.22. The third kappa shape index (κ3) is 2.57. The number of methoxy groups -OCH3 is 1. The van der Waals surface area contributed by atoms with Crippen LogP contribution in [0.25, 0.3) is 27.8 Å². The van der Waals surface area contributed by atoms with E-state index in [4.69, 9.17) is 4.74 Å². The molecule has 0 aliphatic heterocycles. The van der Waals surface area contributed by atoms with Crippen molar-refractivity contribution in [3.8, 4) is 22.7 Å². The zero-order valence-electron chi connectivity index (χ0n) is 16.3. The van der Waals surface area contributed by atoms with Crippen molar-refractivity contribution in [1.29, 1.82) is 0 Å². The molecule has 28 heavy (non-hydrogen) atoms. The quantitative estimate of drug-likeness (QED) is 0.553. The van der Waals surface area contributed by atoms with Crippen LogP contribution in [0.15, 0.2) is 64.3 Å². The zero-order valence-corrected chi connectivity index (χ0v) is 16.3. The average molecular weight is 375 g/mol. The van der Waals surface area contributed by atoms with Gasteiger partial charge >= 0.3 is 5.69 Å². The summed E-state index contributed by atoms with van der Waals surface area (Å²) in [6.45, 7) is 2.01. The van der Waals surface area contributed by atoms with Gasteiger partial charge in [-0.2, -0.15) is 0 Å². The fourth-order valence-corrected chi connectivity index (χ4v) is 3.61. The summed E-state index contributed by atoms with van der Waals surface area (Å²) in [7, 11) is 4.81. The number of nitrogens with zero attached hydrogens (tertiary/aromatic N) is 3. The fourth-order valence-electron chi connectivity index (χ4n) is 3.61. The standard InChI is InChI=1S/C22H21N3O3/c1-14-8-5-6-11-17(14)20-19-18(23(2)22(27)24(3)21(19)26)13-25(20)15-9-7-10-16(12-15)28-4/h5-13H,1-4H3. The molecule has 0 aliphatic rings. The molecule has 0 radical (unpaired) electrons. The number of rotatable bonds is 3. The SMILES string of the molecule is COc1cccc(-n2cc3c(c2-c2ccccc2C)c(=O)n(C)c(=O)n3C)c1. The van der Waals surface area contributed by atoms with Crippen LogP contribution in [0.3, 0.4) is 0 Å². The maximum Gasteiger partial charge on any atom is 0.330 e. The highest BCUT2D eigenvalue weighted by atomic mass is 16.5. The zero-order chi connectivity index (χ0) is 20.0. The lowest BCUT2D eigenvalue weighted by Gasteiger charge is -2.13. The van der Waals surface area contributed by atoms with Crippen molar-refractivity contribution in [1.82, 2.24) is 13.7 Å². The van der Waals surface area contributed by atoms with Crippen LogP contribution in [0.4, 0.5) is 0 Å². The molecule has 2 aromatic heterocycles. The van der Waals surface area contributed by atoms with Crippen LogP contribution < -0.4 is 16.0 Å². The predicted molar refractivity (Wildman–Crippen MR) is 110 cm³/mol. The van der Waals surface area contributed by atoms with Gasteiger partial charge in [0.15, 0.2) is 0 Å². The van der Waals surface area contributed by atoms with Gasteiger partial charge in [-0.15, -0.1) is 0 Å². The van der Waals surface area contributed by atoms with Crippen LogP contribution >= 0.6 is 0 Å². The lowest BCUT2D eigenvalue weighted by atomic mass is 10.0. The Kier molecular flexibility index (Phi) is 4.19. The van der Waals surface area contributed by atoms with Gasteiger partial charge in [0.25, 0.3) is 5.56 Å². The Morgan fingerprint density at radius 2 is 1.68 bits per heavy atom. The molecule has 0 saturated heterocycles. The van der Waals surface area contributed by atoms with E-state index in [1.807, 2.05) is 66.2 Å². The van der Waals surface area contributed by atoms with Crippen molar-refractivity contribution in [3.63, 3.8) is 0 Å². The molecule has 6 nitrogen and oxygen atoms in total. The van der Waals surface area contributed by atoms with Crippen molar-refractivity contribution < 1.29 is 4.74 Å². The van der Waals surface area contributed by atoms with Crippen molar-refractivity contribution in [2.45, 2.75) is 6.92 Å². The van der Waals surface area contributed by atoms with Crippen LogP contribution in [0.2, 0.25) is 0 Å². The van der Waals surface area contributed by atoms with Gasteiger partial charge in [-0.25, -0.2) is 4.79 Å². The Hall–Kier alpha value is -3.54. The second-order valence-corrected chi connectivity index (χ2v) is 6.83. The van der Waals surface area contributed by atoms with Crippen LogP contribution in [0, 0.1) is 6.92 Å². The van der Waals surface area contributed by atoms with Gasteiger partial charge in [-0.1, -0.05) is 30.3 Å². The smallest absolute Gasteiger partial charge is 0.330 e. The molecule has 142 valence electrons. The molecule has 4 rings (SSSR count). The first-order chi connectivity index (χ1) is 13.4. The molecular formula is C22H21N3O3. The first-order valence-corrected chi connectivity index (χ1v) is 8.95. The molecule has 0 amide bonds. The molecule has 6 heteroatoms. The number of benzene rings is 2. The van der Waals surface area contributed by atoms with Crippen molar-refractivity contribution in [2.24, 2.45) is 14.1 Å². The lowest BCUT2D eigenvalue weighted by Crippen LogP contribution is -2.36. The van der Waals surface area contributed by atoms with E-state index >= 15 is 0 Å². The number of aryl methyl sites for hydroxylation is 2. The van der Waals surface area contributed by atoms with E-state index < -0.39 is 0 Å². The molecule has 4 aromatic rings. The number of hydrogen-bond acceptors (Lipinski definition) is 3. The first kappa shape index (κ1) is 17.9. The molecule has 2 heterocycles. The average Bonchev–Trinajstić information content (AvgIpc) is 3.11. The second-order valence-electron chi connectivity index (χ2n) is 6.83. The molecule has 0 bridgehead atoms. The van der Waals surface area contributed by atoms with E-state index in [0.717, 1.165) is 27.1 Å². The van der Waals surface area contributed by atoms with Gasteiger partial charge in [0, 0.05) is 37.6 Å². The minimum Gasteiger partial charge on any atom is -0.497 e. The van der Waals surface area contributed by atoms with Gasteiger partial charge in [-0.05, 0) is 24.6 Å². The minimum absolute atomic E-state index is 0.307. The van der Waals surface area contributed by atoms with Crippen molar-refractivity contribution >= 4 is 10.9 Å². The summed E-state index contributed by atoms with van der Waals surface area (Å²) in [5.74, 6) is 0.716. The maximum atomic E-state index is 13.1. The summed E-state index contributed by atoms with van der Waals surface area (Å²) in [6, 6.07) is 15.5. The highest BCUT2D eigenvalue weighted by Gasteiger charge is 2.21. The molecule has 0 unspecified atom stereocenters. The van der Waals surface area contributed by atoms with Crippen molar-refractivity contribution in [3.05, 3.63) is 81.1 Å². The summed E-state index contributed by atoms with van der Waals surface area (Å²) in [4.78, 5) is 25.5. The molecular weight excluding hydrogens is 354 g/mol. The van der Waals surface area contributed by atoms with E-state index in [9.17, 15) is 9.59 Å². The van der Waals surface area contributed by atoms with Gasteiger partial charge in [-0.3, -0.25) is 13.9 Å². The summed E-state index contributed by atoms with van der Waals surface area (Å²) in [5.41, 5.74) is 3.53. The summed E-state index contributed by atoms with van der Waals surface area (Å²) < 4.78 is 9.99. The van der Waals surface area contributed by atoms with Gasteiger partial charge in [0.05, 0.1) is 23.7 Å². The highest BCUT2D eigenvalue weighted by Crippen LogP contribution is 2.33. The maximum absolute atomic E-state index is 13.1. The molecule has 0 atom stereocenters. The second kappa shape index (κ2) is 6.56. The Bertz CT molecular complexity index is 1330. The highest BCUT2D eigenvalue weighted by molar-refractivity contribution is 5.95. The van der Waals surface area contributed by atoms with Gasteiger partial charge in [0.2, 0.25) is 0 Å². The topological polar surface area (TPSA) is 58.2 Å². The summed E-state index contributed by atoms with van der Waals surface area (Å²) >= 11 is 0. The van der Waals surface area contributed by atoms with Gasteiger partial charge in [0.1, 0.15) is 5.75 Å². The van der Waals surface area contributed by atoms with Crippen LogP contribution in [0.5, 0.6) is 5.75 Å². The van der Waals surface area contributed by atoms with Crippen molar-refractivity contribution in [2.75, 3.05) is 7.11 Å². The summed E-state index contributed by atoms with van der Waals surface area (Å²) in [6.07, 6.45) is 1.84. The lowest BCUT2D eigenvalue weighted by molar-refractivity contribution is 0.414. The van der Waals surface area contributed by atoms with E-state index in [1.54, 1.807) is 14.2 Å². The van der Waals surface area contributed by atoms with Crippen LogP contribution in [-0.4, -0.2) is 20.8 Å². The van der Waals surface area contributed by atoms with E-state index in [2.05, 4.69) is 0 Å². The minimum atomic E-state index is -0.350. The van der Waals surface area contributed by atoms with E-state index in [-0.39, 0.29) is 11.2 Å². The predicted octanol–water partition coefficient (Wildman–Crippen LogP) is 3.01. The molecule has 0 saturated carbocycles. The van der Waals surface area contributed by atoms with Gasteiger partial charge < -0.3 is 9.30 Å². The third-order valence-electron chi connectivity index (χ3n) is 5.17. The first-order valence-electron chi connectivity index (χ1n) is 8.95. The fraction of sp³-hybridized carbons (Fsp3) is 0.182. The summed E-state index contributed by atoms with van der Waals surface area (Å²) in [5, 5.41) is 0.515. The Labute approximate surface area is 161 Å². The molecule has 2 aromatic carbocycles. The Morgan fingerprint density at radius 1 is 0.929 bits per heavy atom. The number of aromatic nitrogens is 3. The molecule has 0 fully saturated rings. The number of fused-ring (bicyclic) bond motifs is 1. The number of ether oxygens (including phenoxy) is 1. The molecule has 0 spiro atoms. The monoisotopic (exact) mass is 375 g/mol. The Morgan fingerprint density at radius 3 is 2.39 bits per heavy atom. The third-order valence-corrected chi connectivity index (χ3v) is 5.17. The van der Waals surface area contributed by atoms with E-state index in [1.165, 1.54) is 11.6 Å². The van der Waals surface area contributed by atoms with Crippen LogP contribution in [0.1, 0.15) is 5.56 Å². The number of hydrogen-bond donors (Lipinski definition) is 0. The normalized spacial score (nSPS) is 11.1. The molecule has 0 aliphatic carbocycles.